The average molecular weight is 513 g/mol. The van der Waals surface area contributed by atoms with Gasteiger partial charge in [0.2, 0.25) is 0 Å². The number of methoxy groups -OCH3 is 1. The quantitative estimate of drug-likeness (QED) is 0.449. The minimum absolute atomic E-state index is 0.203. The molecule has 35 heavy (non-hydrogen) atoms. The number of hydrogen-bond acceptors (Lipinski definition) is 7. The van der Waals surface area contributed by atoms with Crippen LogP contribution in [0.15, 0.2) is 63.5 Å². The Labute approximate surface area is 211 Å². The molecule has 1 aromatic heterocycles. The zero-order valence-corrected chi connectivity index (χ0v) is 21.4. The number of esters is 1. The van der Waals surface area contributed by atoms with Crippen LogP contribution in [0.1, 0.15) is 37.9 Å². The zero-order chi connectivity index (χ0) is 25.1. The highest BCUT2D eigenvalue weighted by Crippen LogP contribution is 2.34. The van der Waals surface area contributed by atoms with Crippen molar-refractivity contribution in [1.82, 2.24) is 4.57 Å². The average Bonchev–Trinajstić information content (AvgIpc) is 3.14. The minimum Gasteiger partial charge on any atom is -0.493 e. The van der Waals surface area contributed by atoms with E-state index in [-0.39, 0.29) is 12.2 Å². The number of hydrogen-bond donors (Lipinski definition) is 0. The number of halogens is 1. The van der Waals surface area contributed by atoms with Crippen LogP contribution in [0, 0.1) is 0 Å². The van der Waals surface area contributed by atoms with Crippen LogP contribution < -0.4 is 24.4 Å². The van der Waals surface area contributed by atoms with Crippen LogP contribution in [-0.2, 0) is 9.53 Å². The zero-order valence-electron chi connectivity index (χ0n) is 19.8. The van der Waals surface area contributed by atoms with E-state index in [0.717, 1.165) is 5.56 Å². The molecule has 2 heterocycles. The summed E-state index contributed by atoms with van der Waals surface area (Å²) >= 11 is 7.78. The Morgan fingerprint density at radius 1 is 1.17 bits per heavy atom. The Kier molecular flexibility index (Phi) is 7.42. The highest BCUT2D eigenvalue weighted by atomic mass is 35.5. The van der Waals surface area contributed by atoms with Crippen molar-refractivity contribution in [3.8, 4) is 11.5 Å². The second kappa shape index (κ2) is 10.5. The first-order valence-electron chi connectivity index (χ1n) is 11.1. The van der Waals surface area contributed by atoms with Crippen molar-refractivity contribution in [3.63, 3.8) is 0 Å². The van der Waals surface area contributed by atoms with Gasteiger partial charge in [0.1, 0.15) is 6.04 Å². The maximum atomic E-state index is 13.7. The first kappa shape index (κ1) is 24.8. The molecule has 9 heteroatoms. The van der Waals surface area contributed by atoms with E-state index >= 15 is 0 Å². The largest absolute Gasteiger partial charge is 0.493 e. The van der Waals surface area contributed by atoms with E-state index in [0.29, 0.717) is 49.3 Å². The Bertz CT molecular complexity index is 1490. The first-order chi connectivity index (χ1) is 16.9. The molecule has 1 aliphatic heterocycles. The van der Waals surface area contributed by atoms with Crippen molar-refractivity contribution in [1.29, 1.82) is 0 Å². The topological polar surface area (TPSA) is 79.1 Å². The highest BCUT2D eigenvalue weighted by molar-refractivity contribution is 7.07. The number of ether oxygens (including phenoxy) is 3. The predicted molar refractivity (Wildman–Crippen MR) is 136 cm³/mol. The van der Waals surface area contributed by atoms with E-state index in [9.17, 15) is 9.59 Å². The molecule has 0 aliphatic carbocycles. The fourth-order valence-corrected chi connectivity index (χ4v) is 5.27. The van der Waals surface area contributed by atoms with Gasteiger partial charge >= 0.3 is 5.97 Å². The van der Waals surface area contributed by atoms with Crippen LogP contribution in [0.4, 0.5) is 0 Å². The number of allylic oxidation sites excluding steroid dienone is 1. The molecule has 2 aromatic carbocycles. The van der Waals surface area contributed by atoms with Gasteiger partial charge < -0.3 is 14.2 Å². The maximum Gasteiger partial charge on any atom is 0.338 e. The second-order valence-corrected chi connectivity index (χ2v) is 9.08. The molecule has 0 N–H and O–H groups in total. The van der Waals surface area contributed by atoms with E-state index in [4.69, 9.17) is 25.8 Å². The molecular formula is C26H25ClN2O5S. The smallest absolute Gasteiger partial charge is 0.338 e. The summed E-state index contributed by atoms with van der Waals surface area (Å²) in [6.07, 6.45) is 1.77. The molecule has 0 spiro atoms. The van der Waals surface area contributed by atoms with Crippen LogP contribution >= 0.6 is 22.9 Å². The number of carbonyl (C=O) groups excluding carboxylic acids is 1. The Morgan fingerprint density at radius 3 is 2.63 bits per heavy atom. The van der Waals surface area contributed by atoms with Crippen molar-refractivity contribution < 1.29 is 19.0 Å². The van der Waals surface area contributed by atoms with Crippen molar-refractivity contribution in [2.75, 3.05) is 20.3 Å². The number of rotatable bonds is 7. The van der Waals surface area contributed by atoms with Crippen molar-refractivity contribution in [3.05, 3.63) is 89.6 Å². The Morgan fingerprint density at radius 2 is 1.94 bits per heavy atom. The molecule has 1 unspecified atom stereocenters. The number of benzene rings is 2. The Balaban J connectivity index is 1.92. The lowest BCUT2D eigenvalue weighted by Gasteiger charge is -2.25. The van der Waals surface area contributed by atoms with E-state index in [1.807, 2.05) is 25.1 Å². The summed E-state index contributed by atoms with van der Waals surface area (Å²) in [7, 11) is 1.57. The van der Waals surface area contributed by atoms with E-state index in [1.165, 1.54) is 15.9 Å². The first-order valence-corrected chi connectivity index (χ1v) is 12.3. The van der Waals surface area contributed by atoms with E-state index in [1.54, 1.807) is 51.3 Å². The lowest BCUT2D eigenvalue weighted by Crippen LogP contribution is -2.40. The van der Waals surface area contributed by atoms with Crippen molar-refractivity contribution in [2.45, 2.75) is 26.8 Å². The Hall–Kier alpha value is -3.36. The van der Waals surface area contributed by atoms with Gasteiger partial charge in [-0.25, -0.2) is 9.79 Å². The van der Waals surface area contributed by atoms with Gasteiger partial charge in [0.05, 0.1) is 36.1 Å². The third-order valence-corrected chi connectivity index (χ3v) is 6.83. The summed E-state index contributed by atoms with van der Waals surface area (Å²) in [5.74, 6) is 0.675. The minimum atomic E-state index is -0.754. The molecule has 1 atom stereocenters. The van der Waals surface area contributed by atoms with E-state index < -0.39 is 12.0 Å². The lowest BCUT2D eigenvalue weighted by molar-refractivity contribution is -0.139. The van der Waals surface area contributed by atoms with Gasteiger partial charge in [-0.2, -0.15) is 0 Å². The van der Waals surface area contributed by atoms with Crippen molar-refractivity contribution in [2.24, 2.45) is 4.99 Å². The molecule has 1 aliphatic rings. The molecular weight excluding hydrogens is 488 g/mol. The van der Waals surface area contributed by atoms with Gasteiger partial charge in [-0.1, -0.05) is 47.2 Å². The van der Waals surface area contributed by atoms with Crippen molar-refractivity contribution >= 4 is 35.0 Å². The fourth-order valence-electron chi connectivity index (χ4n) is 3.98. The maximum absolute atomic E-state index is 13.7. The third-order valence-electron chi connectivity index (χ3n) is 5.50. The molecule has 0 saturated heterocycles. The summed E-state index contributed by atoms with van der Waals surface area (Å²) in [6, 6.07) is 11.9. The molecule has 0 fully saturated rings. The molecule has 3 aromatic rings. The molecule has 0 radical (unpaired) electrons. The van der Waals surface area contributed by atoms with Gasteiger partial charge in [-0.3, -0.25) is 9.36 Å². The fraction of sp³-hybridized carbons (Fsp3) is 0.269. The predicted octanol–water partition coefficient (Wildman–Crippen LogP) is 3.86. The molecule has 0 saturated carbocycles. The SMILES string of the molecule is CCOC(=O)C1=C(C)N=c2sc(=Cc3ccc(OCC)c(OC)c3)c(=O)n2C1c1ccccc1Cl. The standard InChI is InChI=1S/C26H25ClN2O5S/c1-5-33-19-12-11-16(13-20(19)32-4)14-21-24(30)29-23(17-9-7-8-10-18(17)27)22(25(31)34-6-2)15(3)28-26(29)35-21/h7-14,23H,5-6H2,1-4H3. The van der Waals surface area contributed by atoms with Crippen LogP contribution in [0.3, 0.4) is 0 Å². The van der Waals surface area contributed by atoms with Crippen LogP contribution in [0.5, 0.6) is 11.5 Å². The monoisotopic (exact) mass is 512 g/mol. The molecule has 182 valence electrons. The van der Waals surface area contributed by atoms with Gasteiger partial charge in [0, 0.05) is 5.02 Å². The van der Waals surface area contributed by atoms with Crippen LogP contribution in [-0.4, -0.2) is 30.9 Å². The second-order valence-electron chi connectivity index (χ2n) is 7.67. The number of nitrogens with zero attached hydrogens (tertiary/aromatic N) is 2. The van der Waals surface area contributed by atoms with Crippen LogP contribution in [0.25, 0.3) is 6.08 Å². The summed E-state index contributed by atoms with van der Waals surface area (Å²) in [6.45, 7) is 6.09. The number of fused-ring (bicyclic) bond motifs is 1. The number of aromatic nitrogens is 1. The molecule has 4 rings (SSSR count). The van der Waals surface area contributed by atoms with Gasteiger partial charge in [0.15, 0.2) is 16.3 Å². The normalized spacial score (nSPS) is 15.5. The third kappa shape index (κ3) is 4.76. The molecule has 0 bridgehead atoms. The summed E-state index contributed by atoms with van der Waals surface area (Å²) in [4.78, 5) is 31.7. The lowest BCUT2D eigenvalue weighted by atomic mass is 9.96. The number of carbonyl (C=O) groups is 1. The molecule has 0 amide bonds. The van der Waals surface area contributed by atoms with E-state index in [2.05, 4.69) is 4.99 Å². The van der Waals surface area contributed by atoms with Gasteiger partial charge in [0.25, 0.3) is 5.56 Å². The summed E-state index contributed by atoms with van der Waals surface area (Å²) in [5.41, 5.74) is 1.90. The van der Waals surface area contributed by atoms with Gasteiger partial charge in [-0.15, -0.1) is 0 Å². The summed E-state index contributed by atoms with van der Waals surface area (Å²) < 4.78 is 18.3. The van der Waals surface area contributed by atoms with Gasteiger partial charge in [-0.05, 0) is 56.2 Å². The molecule has 7 nitrogen and oxygen atoms in total. The highest BCUT2D eigenvalue weighted by Gasteiger charge is 2.34. The summed E-state index contributed by atoms with van der Waals surface area (Å²) in [5, 5.41) is 0.444. The van der Waals surface area contributed by atoms with Crippen LogP contribution in [0.2, 0.25) is 5.02 Å². The number of thiazole rings is 1.